The Morgan fingerprint density at radius 2 is 1.91 bits per heavy atom. The molecular formula is C24H28N4O4. The second-order valence-corrected chi connectivity index (χ2v) is 7.97. The van der Waals surface area contributed by atoms with E-state index in [2.05, 4.69) is 36.4 Å². The molecule has 1 amide bonds. The van der Waals surface area contributed by atoms with Gasteiger partial charge in [0.1, 0.15) is 23.7 Å². The number of aromatic nitrogens is 2. The zero-order valence-corrected chi connectivity index (χ0v) is 18.8. The molecule has 8 nitrogen and oxygen atoms in total. The van der Waals surface area contributed by atoms with Crippen molar-refractivity contribution in [2.45, 2.75) is 46.8 Å². The number of hydrogen-bond acceptors (Lipinski definition) is 5. The molecule has 0 radical (unpaired) electrons. The van der Waals surface area contributed by atoms with Crippen LogP contribution in [0, 0.1) is 24.0 Å². The molecule has 1 N–H and O–H groups in total. The summed E-state index contributed by atoms with van der Waals surface area (Å²) in [5.41, 5.74) is 3.53. The van der Waals surface area contributed by atoms with Gasteiger partial charge < -0.3 is 10.1 Å². The fourth-order valence-corrected chi connectivity index (χ4v) is 3.46. The predicted octanol–water partition coefficient (Wildman–Crippen LogP) is 4.54. The fraction of sp³-hybridized carbons (Fsp3) is 0.333. The van der Waals surface area contributed by atoms with Crippen molar-refractivity contribution in [2.75, 3.05) is 6.54 Å². The summed E-state index contributed by atoms with van der Waals surface area (Å²) in [6.07, 6.45) is 0. The normalized spacial score (nSPS) is 10.9. The van der Waals surface area contributed by atoms with E-state index in [9.17, 15) is 14.9 Å². The molecule has 3 rings (SSSR count). The second-order valence-electron chi connectivity index (χ2n) is 7.97. The number of nitrogens with zero attached hydrogens (tertiary/aromatic N) is 3. The minimum atomic E-state index is -0.432. The van der Waals surface area contributed by atoms with Gasteiger partial charge in [-0.05, 0) is 55.2 Å². The molecule has 8 heteroatoms. The van der Waals surface area contributed by atoms with Gasteiger partial charge in [0.2, 0.25) is 0 Å². The number of carbonyl (C=O) groups is 1. The van der Waals surface area contributed by atoms with Gasteiger partial charge in [-0.25, -0.2) is 0 Å². The van der Waals surface area contributed by atoms with E-state index in [1.165, 1.54) is 5.56 Å². The van der Waals surface area contributed by atoms with E-state index in [4.69, 9.17) is 4.74 Å². The minimum absolute atomic E-state index is 0.0165. The van der Waals surface area contributed by atoms with Crippen molar-refractivity contribution in [2.24, 2.45) is 0 Å². The van der Waals surface area contributed by atoms with Crippen molar-refractivity contribution in [1.82, 2.24) is 15.1 Å². The summed E-state index contributed by atoms with van der Waals surface area (Å²) in [4.78, 5) is 23.2. The summed E-state index contributed by atoms with van der Waals surface area (Å²) < 4.78 is 7.39. The lowest BCUT2D eigenvalue weighted by atomic mass is 10.0. The smallest absolute Gasteiger partial charge is 0.312 e. The second kappa shape index (κ2) is 10.1. The molecule has 1 aromatic heterocycles. The van der Waals surface area contributed by atoms with Crippen LogP contribution in [0.2, 0.25) is 0 Å². The van der Waals surface area contributed by atoms with Crippen LogP contribution in [0.15, 0.2) is 48.5 Å². The summed E-state index contributed by atoms with van der Waals surface area (Å²) in [6, 6.07) is 15.3. The third-order valence-electron chi connectivity index (χ3n) is 5.28. The van der Waals surface area contributed by atoms with E-state index in [1.807, 2.05) is 24.3 Å². The van der Waals surface area contributed by atoms with Gasteiger partial charge in [-0.3, -0.25) is 19.6 Å². The lowest BCUT2D eigenvalue weighted by molar-refractivity contribution is -0.386. The summed E-state index contributed by atoms with van der Waals surface area (Å²) in [6.45, 7) is 8.56. The first-order valence-electron chi connectivity index (χ1n) is 10.5. The average Bonchev–Trinajstić information content (AvgIpc) is 3.05. The molecule has 0 unspecified atom stereocenters. The van der Waals surface area contributed by atoms with Crippen molar-refractivity contribution in [3.8, 4) is 5.75 Å². The molecule has 0 bridgehead atoms. The number of nitro groups is 1. The van der Waals surface area contributed by atoms with E-state index in [0.717, 1.165) is 11.3 Å². The van der Waals surface area contributed by atoms with Crippen molar-refractivity contribution < 1.29 is 14.5 Å². The van der Waals surface area contributed by atoms with Gasteiger partial charge in [-0.1, -0.05) is 38.1 Å². The van der Waals surface area contributed by atoms with Gasteiger partial charge in [0.15, 0.2) is 0 Å². The van der Waals surface area contributed by atoms with Crippen LogP contribution in [0.3, 0.4) is 0 Å². The van der Waals surface area contributed by atoms with Crippen LogP contribution >= 0.6 is 0 Å². The van der Waals surface area contributed by atoms with Crippen LogP contribution in [0.25, 0.3) is 0 Å². The zero-order valence-electron chi connectivity index (χ0n) is 18.8. The number of benzene rings is 2. The van der Waals surface area contributed by atoms with Crippen molar-refractivity contribution in [1.29, 1.82) is 0 Å². The van der Waals surface area contributed by atoms with Crippen LogP contribution < -0.4 is 10.1 Å². The van der Waals surface area contributed by atoms with Crippen LogP contribution in [-0.4, -0.2) is 27.2 Å². The van der Waals surface area contributed by atoms with E-state index in [0.29, 0.717) is 42.6 Å². The highest BCUT2D eigenvalue weighted by Crippen LogP contribution is 2.22. The minimum Gasteiger partial charge on any atom is -0.489 e. The monoisotopic (exact) mass is 436 g/mol. The Hall–Kier alpha value is -3.68. The Morgan fingerprint density at radius 3 is 2.53 bits per heavy atom. The van der Waals surface area contributed by atoms with E-state index in [1.54, 1.807) is 30.7 Å². The topological polar surface area (TPSA) is 99.3 Å². The molecule has 3 aromatic rings. The van der Waals surface area contributed by atoms with E-state index < -0.39 is 4.92 Å². The Bertz CT molecular complexity index is 1100. The summed E-state index contributed by atoms with van der Waals surface area (Å²) in [5.74, 6) is 1.03. The van der Waals surface area contributed by atoms with E-state index in [-0.39, 0.29) is 11.6 Å². The number of ether oxygens (including phenoxy) is 1. The van der Waals surface area contributed by atoms with Gasteiger partial charge >= 0.3 is 5.69 Å². The summed E-state index contributed by atoms with van der Waals surface area (Å²) in [5, 5.41) is 18.1. The maximum absolute atomic E-state index is 12.5. The number of amides is 1. The maximum atomic E-state index is 12.5. The van der Waals surface area contributed by atoms with Crippen molar-refractivity contribution >= 4 is 11.6 Å². The molecule has 0 saturated heterocycles. The quantitative estimate of drug-likeness (QED) is 0.392. The first-order valence-corrected chi connectivity index (χ1v) is 10.5. The number of aryl methyl sites for hydroxylation is 1. The third-order valence-corrected chi connectivity index (χ3v) is 5.28. The number of nitrogens with one attached hydrogen (secondary N) is 1. The third kappa shape index (κ3) is 5.51. The van der Waals surface area contributed by atoms with Crippen molar-refractivity contribution in [3.63, 3.8) is 0 Å². The Balaban J connectivity index is 1.55. The SMILES string of the molecule is Cc1nn(CCNC(=O)c2cccc(COc3ccc(C(C)C)cc3)c2)c(C)c1[N+](=O)[O-]. The lowest BCUT2D eigenvalue weighted by Gasteiger charge is -2.10. The van der Waals surface area contributed by atoms with E-state index >= 15 is 0 Å². The van der Waals surface area contributed by atoms with Gasteiger partial charge in [0.25, 0.3) is 5.91 Å². The highest BCUT2D eigenvalue weighted by atomic mass is 16.6. The Kier molecular flexibility index (Phi) is 7.25. The Morgan fingerprint density at radius 1 is 1.19 bits per heavy atom. The molecule has 32 heavy (non-hydrogen) atoms. The van der Waals surface area contributed by atoms with Gasteiger partial charge in [-0.15, -0.1) is 0 Å². The summed E-state index contributed by atoms with van der Waals surface area (Å²) in [7, 11) is 0. The fourth-order valence-electron chi connectivity index (χ4n) is 3.46. The molecule has 0 aliphatic rings. The molecule has 0 saturated carbocycles. The zero-order chi connectivity index (χ0) is 23.3. The molecule has 2 aromatic carbocycles. The highest BCUT2D eigenvalue weighted by molar-refractivity contribution is 5.94. The molecule has 0 aliphatic heterocycles. The average molecular weight is 437 g/mol. The lowest BCUT2D eigenvalue weighted by Crippen LogP contribution is -2.27. The Labute approximate surface area is 187 Å². The van der Waals surface area contributed by atoms with Gasteiger partial charge in [-0.2, -0.15) is 5.10 Å². The summed E-state index contributed by atoms with van der Waals surface area (Å²) >= 11 is 0. The molecule has 0 atom stereocenters. The number of carbonyl (C=O) groups excluding carboxylic acids is 1. The van der Waals surface area contributed by atoms with Crippen LogP contribution in [0.5, 0.6) is 5.75 Å². The number of hydrogen-bond donors (Lipinski definition) is 1. The van der Waals surface area contributed by atoms with Crippen LogP contribution in [0.4, 0.5) is 5.69 Å². The van der Waals surface area contributed by atoms with Gasteiger partial charge in [0, 0.05) is 12.1 Å². The molecule has 0 aliphatic carbocycles. The molecule has 0 fully saturated rings. The number of rotatable bonds is 9. The predicted molar refractivity (Wildman–Crippen MR) is 122 cm³/mol. The first-order chi connectivity index (χ1) is 15.3. The first kappa shape index (κ1) is 23.0. The largest absolute Gasteiger partial charge is 0.489 e. The van der Waals surface area contributed by atoms with Crippen molar-refractivity contribution in [3.05, 3.63) is 86.7 Å². The van der Waals surface area contributed by atoms with Crippen LogP contribution in [-0.2, 0) is 13.2 Å². The molecular weight excluding hydrogens is 408 g/mol. The molecule has 1 heterocycles. The van der Waals surface area contributed by atoms with Crippen LogP contribution in [0.1, 0.15) is 52.6 Å². The highest BCUT2D eigenvalue weighted by Gasteiger charge is 2.21. The maximum Gasteiger partial charge on any atom is 0.312 e. The van der Waals surface area contributed by atoms with Gasteiger partial charge in [0.05, 0.1) is 11.5 Å². The molecule has 0 spiro atoms. The molecule has 168 valence electrons. The standard InChI is InChI=1S/C24H28N4O4/c1-16(2)20-8-10-22(11-9-20)32-15-19-6-5-7-21(14-19)24(29)25-12-13-27-18(4)23(28(30)31)17(3)26-27/h5-11,14,16H,12-13,15H2,1-4H3,(H,25,29).